The third kappa shape index (κ3) is 3.78. The number of carbonyl (C=O) groups is 1. The molecule has 4 rings (SSSR count). The fraction of sp³-hybridized carbons (Fsp3) is 0.409. The van der Waals surface area contributed by atoms with Gasteiger partial charge in [0.15, 0.2) is 5.16 Å². The van der Waals surface area contributed by atoms with E-state index in [1.54, 1.807) is 34.4 Å². The maximum absolute atomic E-state index is 14.7. The Kier molecular flexibility index (Phi) is 6.24. The number of hydrogen-bond acceptors (Lipinski definition) is 5. The predicted molar refractivity (Wildman–Crippen MR) is 120 cm³/mol. The van der Waals surface area contributed by atoms with Crippen LogP contribution in [0.3, 0.4) is 0 Å². The molecule has 1 aromatic carbocycles. The molecule has 0 bridgehead atoms. The van der Waals surface area contributed by atoms with Crippen molar-refractivity contribution in [1.82, 2.24) is 14.5 Å². The Labute approximate surface area is 182 Å². The third-order valence-corrected chi connectivity index (χ3v) is 7.60. The summed E-state index contributed by atoms with van der Waals surface area (Å²) in [5, 5.41) is 0.967. The molecule has 3 aromatic rings. The van der Waals surface area contributed by atoms with Gasteiger partial charge in [-0.1, -0.05) is 23.9 Å². The van der Waals surface area contributed by atoms with E-state index in [2.05, 4.69) is 0 Å². The highest BCUT2D eigenvalue weighted by molar-refractivity contribution is 7.99. The van der Waals surface area contributed by atoms with Crippen molar-refractivity contribution in [3.8, 4) is 5.69 Å². The van der Waals surface area contributed by atoms with Gasteiger partial charge in [0.2, 0.25) is 5.91 Å². The molecule has 0 saturated carbocycles. The van der Waals surface area contributed by atoms with Gasteiger partial charge in [0.1, 0.15) is 10.6 Å². The van der Waals surface area contributed by atoms with Crippen LogP contribution >= 0.6 is 23.1 Å². The van der Waals surface area contributed by atoms with Gasteiger partial charge in [-0.25, -0.2) is 9.37 Å². The number of nitrogens with zero attached hydrogens (tertiary/aromatic N) is 3. The summed E-state index contributed by atoms with van der Waals surface area (Å²) in [7, 11) is 0. The Morgan fingerprint density at radius 2 is 1.97 bits per heavy atom. The average molecular weight is 446 g/mol. The van der Waals surface area contributed by atoms with Gasteiger partial charge >= 0.3 is 0 Å². The molecule has 0 unspecified atom stereocenters. The summed E-state index contributed by atoms with van der Waals surface area (Å²) >= 11 is 2.75. The summed E-state index contributed by atoms with van der Waals surface area (Å²) in [6.45, 7) is 5.11. The normalized spacial score (nSPS) is 13.4. The highest BCUT2D eigenvalue weighted by atomic mass is 32.2. The van der Waals surface area contributed by atoms with E-state index in [4.69, 9.17) is 4.98 Å². The molecule has 0 atom stereocenters. The first-order valence-corrected chi connectivity index (χ1v) is 12.1. The smallest absolute Gasteiger partial charge is 0.267 e. The summed E-state index contributed by atoms with van der Waals surface area (Å²) in [5.41, 5.74) is 0.993. The fourth-order valence-corrected chi connectivity index (χ4v) is 6.13. The molecule has 0 aliphatic heterocycles. The van der Waals surface area contributed by atoms with Gasteiger partial charge in [0.25, 0.3) is 5.56 Å². The molecule has 0 N–H and O–H groups in total. The maximum Gasteiger partial charge on any atom is 0.267 e. The van der Waals surface area contributed by atoms with Gasteiger partial charge in [0.05, 0.1) is 16.8 Å². The molecule has 8 heteroatoms. The number of thioether (sulfide) groups is 1. The number of hydrogen-bond donors (Lipinski definition) is 0. The summed E-state index contributed by atoms with van der Waals surface area (Å²) in [4.78, 5) is 34.5. The van der Waals surface area contributed by atoms with Crippen LogP contribution in [-0.4, -0.2) is 39.2 Å². The Balaban J connectivity index is 1.86. The number of amides is 1. The zero-order valence-electron chi connectivity index (χ0n) is 17.1. The van der Waals surface area contributed by atoms with Crippen LogP contribution in [0, 0.1) is 5.82 Å². The van der Waals surface area contributed by atoms with Crippen molar-refractivity contribution in [2.75, 3.05) is 18.8 Å². The van der Waals surface area contributed by atoms with Crippen molar-refractivity contribution in [2.24, 2.45) is 0 Å². The summed E-state index contributed by atoms with van der Waals surface area (Å²) in [6, 6.07) is 6.22. The van der Waals surface area contributed by atoms with E-state index in [0.29, 0.717) is 28.5 Å². The van der Waals surface area contributed by atoms with Crippen LogP contribution in [0.15, 0.2) is 34.2 Å². The minimum Gasteiger partial charge on any atom is -0.343 e. The number of aromatic nitrogens is 2. The lowest BCUT2D eigenvalue weighted by atomic mass is 9.97. The first kappa shape index (κ1) is 21.1. The molecule has 158 valence electrons. The Bertz CT molecular complexity index is 1150. The number of fused-ring (bicyclic) bond motifs is 3. The Morgan fingerprint density at radius 1 is 1.23 bits per heavy atom. The van der Waals surface area contributed by atoms with Crippen molar-refractivity contribution in [3.05, 3.63) is 50.9 Å². The molecule has 2 heterocycles. The van der Waals surface area contributed by atoms with Gasteiger partial charge in [-0.05, 0) is 57.2 Å². The minimum atomic E-state index is -0.484. The standard InChI is InChI=1S/C22H24FN3O2S2/c1-3-25(4-2)18(27)13-29-22-24-20-19(14-9-5-8-12-17(14)30-20)21(28)26(22)16-11-7-6-10-15(16)23/h6-7,10-11H,3-5,8-9,12-13H2,1-2H3. The second-order valence-electron chi connectivity index (χ2n) is 7.23. The number of halogens is 1. The molecule has 0 spiro atoms. The highest BCUT2D eigenvalue weighted by Gasteiger charge is 2.24. The van der Waals surface area contributed by atoms with Crippen LogP contribution in [0.5, 0.6) is 0 Å². The molecule has 0 radical (unpaired) electrons. The lowest BCUT2D eigenvalue weighted by molar-refractivity contribution is -0.127. The molecule has 5 nitrogen and oxygen atoms in total. The molecule has 1 aliphatic carbocycles. The quantitative estimate of drug-likeness (QED) is 0.416. The van der Waals surface area contributed by atoms with Crippen LogP contribution < -0.4 is 5.56 Å². The zero-order chi connectivity index (χ0) is 21.3. The zero-order valence-corrected chi connectivity index (χ0v) is 18.7. The molecular weight excluding hydrogens is 421 g/mol. The topological polar surface area (TPSA) is 55.2 Å². The van der Waals surface area contributed by atoms with Gasteiger partial charge in [0, 0.05) is 18.0 Å². The number of para-hydroxylation sites is 1. The maximum atomic E-state index is 14.7. The molecular formula is C22H24FN3O2S2. The second-order valence-corrected chi connectivity index (χ2v) is 9.26. The van der Waals surface area contributed by atoms with Gasteiger partial charge in [-0.3, -0.25) is 14.2 Å². The van der Waals surface area contributed by atoms with Crippen LogP contribution in [0.4, 0.5) is 4.39 Å². The van der Waals surface area contributed by atoms with Gasteiger partial charge in [-0.2, -0.15) is 0 Å². The molecule has 2 aromatic heterocycles. The van der Waals surface area contributed by atoms with Crippen molar-refractivity contribution >= 4 is 39.2 Å². The number of carbonyl (C=O) groups excluding carboxylic acids is 1. The van der Waals surface area contributed by atoms with E-state index < -0.39 is 5.82 Å². The molecule has 0 fully saturated rings. The molecule has 1 aliphatic rings. The molecule has 30 heavy (non-hydrogen) atoms. The number of thiophene rings is 1. The number of benzene rings is 1. The highest BCUT2D eigenvalue weighted by Crippen LogP contribution is 2.35. The molecule has 1 amide bonds. The van der Waals surface area contributed by atoms with Gasteiger partial charge in [-0.15, -0.1) is 11.3 Å². The van der Waals surface area contributed by atoms with Crippen LogP contribution in [0.25, 0.3) is 15.9 Å². The summed E-state index contributed by atoms with van der Waals surface area (Å²) in [5.74, 6) is -0.356. The second kappa shape index (κ2) is 8.89. The SMILES string of the molecule is CCN(CC)C(=O)CSc1nc2sc3c(c2c(=O)n1-c1ccccc1F)CCCC3. The number of rotatable bonds is 6. The van der Waals surface area contributed by atoms with E-state index in [-0.39, 0.29) is 22.9 Å². The van der Waals surface area contributed by atoms with E-state index in [9.17, 15) is 14.0 Å². The van der Waals surface area contributed by atoms with Crippen molar-refractivity contribution in [3.63, 3.8) is 0 Å². The van der Waals surface area contributed by atoms with Crippen molar-refractivity contribution < 1.29 is 9.18 Å². The van der Waals surface area contributed by atoms with Crippen molar-refractivity contribution in [1.29, 1.82) is 0 Å². The molecule has 0 saturated heterocycles. The summed E-state index contributed by atoms with van der Waals surface area (Å²) in [6.07, 6.45) is 3.98. The number of aryl methyl sites for hydroxylation is 2. The first-order chi connectivity index (χ1) is 14.5. The Hall–Kier alpha value is -2.19. The van der Waals surface area contributed by atoms with Crippen molar-refractivity contribution in [2.45, 2.75) is 44.7 Å². The predicted octanol–water partition coefficient (Wildman–Crippen LogP) is 4.43. The van der Waals surface area contributed by atoms with Crippen LogP contribution in [0.2, 0.25) is 0 Å². The van der Waals surface area contributed by atoms with Crippen LogP contribution in [0.1, 0.15) is 37.1 Å². The van der Waals surface area contributed by atoms with E-state index in [1.807, 2.05) is 13.8 Å². The van der Waals surface area contributed by atoms with Crippen LogP contribution in [-0.2, 0) is 17.6 Å². The van der Waals surface area contributed by atoms with Gasteiger partial charge < -0.3 is 4.90 Å². The monoisotopic (exact) mass is 445 g/mol. The lowest BCUT2D eigenvalue weighted by Gasteiger charge is -2.19. The van der Waals surface area contributed by atoms with E-state index in [0.717, 1.165) is 31.2 Å². The van der Waals surface area contributed by atoms with E-state index >= 15 is 0 Å². The minimum absolute atomic E-state index is 0.0232. The average Bonchev–Trinajstić information content (AvgIpc) is 3.12. The fourth-order valence-electron chi connectivity index (χ4n) is 3.92. The Morgan fingerprint density at radius 3 is 2.70 bits per heavy atom. The third-order valence-electron chi connectivity index (χ3n) is 5.49. The van der Waals surface area contributed by atoms with E-state index in [1.165, 1.54) is 27.3 Å². The summed E-state index contributed by atoms with van der Waals surface area (Å²) < 4.78 is 16.0. The largest absolute Gasteiger partial charge is 0.343 e. The lowest BCUT2D eigenvalue weighted by Crippen LogP contribution is -2.32. The first-order valence-electron chi connectivity index (χ1n) is 10.3.